The fourth-order valence-electron chi connectivity index (χ4n) is 0.861. The predicted molar refractivity (Wildman–Crippen MR) is 50.5 cm³/mol. The average Bonchev–Trinajstić information content (AvgIpc) is 2.15. The van der Waals surface area contributed by atoms with E-state index in [0.29, 0.717) is 6.07 Å². The van der Waals surface area contributed by atoms with Crippen LogP contribution >= 0.6 is 0 Å². The van der Waals surface area contributed by atoms with Crippen LogP contribution in [0.3, 0.4) is 0 Å². The quantitative estimate of drug-likeness (QED) is 0.763. The summed E-state index contributed by atoms with van der Waals surface area (Å²) >= 11 is 0. The molecular weight excluding hydrogens is 204 g/mol. The van der Waals surface area contributed by atoms with Crippen LogP contribution in [0.2, 0.25) is 0 Å². The molecule has 3 nitrogen and oxygen atoms in total. The van der Waals surface area contributed by atoms with Crippen LogP contribution in [0.1, 0.15) is 0 Å². The summed E-state index contributed by atoms with van der Waals surface area (Å²) in [6, 6.07) is 2.92. The minimum atomic E-state index is -0.818. The lowest BCUT2D eigenvalue weighted by Gasteiger charge is -2.11. The summed E-state index contributed by atoms with van der Waals surface area (Å²) in [6.45, 7) is -0.268. The molecule has 0 N–H and O–H groups in total. The molecule has 0 aliphatic heterocycles. The standard InChI is InChI=1S/C10H11F2NO2/c1-13(2)10(14)6-15-9-4-3-7(11)5-8(9)12/h3-5H,6H2,1-2H3. The zero-order valence-corrected chi connectivity index (χ0v) is 8.46. The number of ether oxygens (including phenoxy) is 1. The topological polar surface area (TPSA) is 29.5 Å². The molecule has 1 amide bonds. The van der Waals surface area contributed by atoms with E-state index in [1.807, 2.05) is 0 Å². The second-order valence-electron chi connectivity index (χ2n) is 3.15. The number of carbonyl (C=O) groups is 1. The van der Waals surface area contributed by atoms with E-state index in [1.54, 1.807) is 14.1 Å². The molecule has 1 rings (SSSR count). The molecule has 15 heavy (non-hydrogen) atoms. The lowest BCUT2D eigenvalue weighted by atomic mass is 10.3. The van der Waals surface area contributed by atoms with Crippen LogP contribution in [0.25, 0.3) is 0 Å². The minimum Gasteiger partial charge on any atom is -0.481 e. The molecule has 0 aromatic heterocycles. The van der Waals surface area contributed by atoms with Gasteiger partial charge in [0.05, 0.1) is 0 Å². The van der Waals surface area contributed by atoms with Crippen molar-refractivity contribution in [2.75, 3.05) is 20.7 Å². The first-order valence-electron chi connectivity index (χ1n) is 4.28. The molecule has 0 saturated carbocycles. The molecule has 5 heteroatoms. The van der Waals surface area contributed by atoms with Crippen LogP contribution in [-0.4, -0.2) is 31.5 Å². The van der Waals surface area contributed by atoms with Crippen molar-refractivity contribution in [1.82, 2.24) is 4.90 Å². The zero-order valence-electron chi connectivity index (χ0n) is 8.46. The number of likely N-dealkylation sites (N-methyl/N-ethyl adjacent to an activating group) is 1. The Bertz CT molecular complexity index is 366. The molecule has 0 radical (unpaired) electrons. The summed E-state index contributed by atoms with van der Waals surface area (Å²) in [7, 11) is 3.12. The van der Waals surface area contributed by atoms with E-state index in [0.717, 1.165) is 12.1 Å². The Kier molecular flexibility index (Phi) is 3.60. The molecule has 0 spiro atoms. The summed E-state index contributed by atoms with van der Waals surface area (Å²) in [5.74, 6) is -1.93. The van der Waals surface area contributed by atoms with E-state index in [-0.39, 0.29) is 18.3 Å². The van der Waals surface area contributed by atoms with Gasteiger partial charge in [0.15, 0.2) is 18.2 Å². The van der Waals surface area contributed by atoms with Gasteiger partial charge in [0, 0.05) is 20.2 Å². The molecule has 0 saturated heterocycles. The Morgan fingerprint density at radius 1 is 1.40 bits per heavy atom. The van der Waals surface area contributed by atoms with Gasteiger partial charge in [-0.05, 0) is 12.1 Å². The van der Waals surface area contributed by atoms with Crippen molar-refractivity contribution < 1.29 is 18.3 Å². The first-order chi connectivity index (χ1) is 7.00. The molecule has 0 aliphatic carbocycles. The van der Waals surface area contributed by atoms with Gasteiger partial charge in [0.25, 0.3) is 5.91 Å². The van der Waals surface area contributed by atoms with E-state index in [1.165, 1.54) is 4.90 Å². The highest BCUT2D eigenvalue weighted by Gasteiger charge is 2.08. The Balaban J connectivity index is 2.62. The number of hydrogen-bond acceptors (Lipinski definition) is 2. The molecule has 82 valence electrons. The third kappa shape index (κ3) is 3.19. The van der Waals surface area contributed by atoms with Crippen LogP contribution in [0.15, 0.2) is 18.2 Å². The molecule has 1 aromatic carbocycles. The van der Waals surface area contributed by atoms with Gasteiger partial charge >= 0.3 is 0 Å². The van der Waals surface area contributed by atoms with Crippen molar-refractivity contribution in [2.45, 2.75) is 0 Å². The SMILES string of the molecule is CN(C)C(=O)COc1ccc(F)cc1F. The molecule has 0 atom stereocenters. The maximum Gasteiger partial charge on any atom is 0.259 e. The van der Waals surface area contributed by atoms with Crippen LogP contribution in [0.4, 0.5) is 8.78 Å². The van der Waals surface area contributed by atoms with E-state index in [2.05, 4.69) is 0 Å². The number of nitrogens with zero attached hydrogens (tertiary/aromatic N) is 1. The highest BCUT2D eigenvalue weighted by molar-refractivity contribution is 5.77. The summed E-state index contributed by atoms with van der Waals surface area (Å²) in [6.07, 6.45) is 0. The van der Waals surface area contributed by atoms with Gasteiger partial charge in [0.2, 0.25) is 0 Å². The summed E-state index contributed by atoms with van der Waals surface area (Å²) in [4.78, 5) is 12.4. The molecule has 0 bridgehead atoms. The van der Waals surface area contributed by atoms with Gasteiger partial charge in [-0.15, -0.1) is 0 Å². The normalized spacial score (nSPS) is 9.87. The van der Waals surface area contributed by atoms with Gasteiger partial charge in [-0.3, -0.25) is 4.79 Å². The summed E-state index contributed by atoms with van der Waals surface area (Å²) < 4.78 is 30.4. The van der Waals surface area contributed by atoms with E-state index in [4.69, 9.17) is 4.74 Å². The van der Waals surface area contributed by atoms with Crippen molar-refractivity contribution in [3.8, 4) is 5.75 Å². The lowest BCUT2D eigenvalue weighted by Crippen LogP contribution is -2.27. The van der Waals surface area contributed by atoms with Crippen molar-refractivity contribution in [1.29, 1.82) is 0 Å². The second kappa shape index (κ2) is 4.72. The van der Waals surface area contributed by atoms with Gasteiger partial charge in [0.1, 0.15) is 5.82 Å². The molecular formula is C10H11F2NO2. The number of rotatable bonds is 3. The molecule has 0 aliphatic rings. The third-order valence-corrected chi connectivity index (χ3v) is 1.74. The number of hydrogen-bond donors (Lipinski definition) is 0. The van der Waals surface area contributed by atoms with Gasteiger partial charge in [-0.1, -0.05) is 0 Å². The van der Waals surface area contributed by atoms with Crippen LogP contribution in [0.5, 0.6) is 5.75 Å². The predicted octanol–water partition coefficient (Wildman–Crippen LogP) is 1.43. The van der Waals surface area contributed by atoms with E-state index in [9.17, 15) is 13.6 Å². The Hall–Kier alpha value is -1.65. The zero-order chi connectivity index (χ0) is 11.4. The maximum absolute atomic E-state index is 13.0. The van der Waals surface area contributed by atoms with Crippen molar-refractivity contribution in [2.24, 2.45) is 0 Å². The summed E-state index contributed by atoms with van der Waals surface area (Å²) in [5.41, 5.74) is 0. The highest BCUT2D eigenvalue weighted by Crippen LogP contribution is 2.17. The van der Waals surface area contributed by atoms with Crippen molar-refractivity contribution in [3.05, 3.63) is 29.8 Å². The summed E-state index contributed by atoms with van der Waals surface area (Å²) in [5, 5.41) is 0. The largest absolute Gasteiger partial charge is 0.481 e. The fourth-order valence-corrected chi connectivity index (χ4v) is 0.861. The average molecular weight is 215 g/mol. The number of benzene rings is 1. The van der Waals surface area contributed by atoms with E-state index >= 15 is 0 Å². The highest BCUT2D eigenvalue weighted by atomic mass is 19.1. The third-order valence-electron chi connectivity index (χ3n) is 1.74. The number of amides is 1. The number of halogens is 2. The van der Waals surface area contributed by atoms with Gasteiger partial charge < -0.3 is 9.64 Å². The van der Waals surface area contributed by atoms with Gasteiger partial charge in [-0.2, -0.15) is 0 Å². The molecule has 0 heterocycles. The van der Waals surface area contributed by atoms with Crippen molar-refractivity contribution >= 4 is 5.91 Å². The Morgan fingerprint density at radius 3 is 2.60 bits per heavy atom. The minimum absolute atomic E-state index is 0.133. The lowest BCUT2D eigenvalue weighted by molar-refractivity contribution is -0.130. The van der Waals surface area contributed by atoms with Gasteiger partial charge in [-0.25, -0.2) is 8.78 Å². The first kappa shape index (κ1) is 11.4. The Labute approximate surface area is 86.3 Å². The monoisotopic (exact) mass is 215 g/mol. The van der Waals surface area contributed by atoms with Crippen LogP contribution < -0.4 is 4.74 Å². The van der Waals surface area contributed by atoms with Crippen molar-refractivity contribution in [3.63, 3.8) is 0 Å². The second-order valence-corrected chi connectivity index (χ2v) is 3.15. The van der Waals surface area contributed by atoms with Crippen LogP contribution in [-0.2, 0) is 4.79 Å². The first-order valence-corrected chi connectivity index (χ1v) is 4.28. The Morgan fingerprint density at radius 2 is 2.07 bits per heavy atom. The van der Waals surface area contributed by atoms with Crippen LogP contribution in [0, 0.1) is 11.6 Å². The molecule has 0 unspecified atom stereocenters. The smallest absolute Gasteiger partial charge is 0.259 e. The van der Waals surface area contributed by atoms with E-state index < -0.39 is 11.6 Å². The fraction of sp³-hybridized carbons (Fsp3) is 0.300. The number of carbonyl (C=O) groups excluding carboxylic acids is 1. The maximum atomic E-state index is 13.0. The molecule has 0 fully saturated rings. The molecule has 1 aromatic rings.